The molecule has 0 aliphatic rings. The molecular weight excluding hydrogens is 368 g/mol. The van der Waals surface area contributed by atoms with Gasteiger partial charge in [-0.3, -0.25) is 9.48 Å². The number of hydrogen-bond donors (Lipinski definition) is 2. The molecule has 2 N–H and O–H groups in total. The average Bonchev–Trinajstić information content (AvgIpc) is 3.35. The van der Waals surface area contributed by atoms with Gasteiger partial charge >= 0.3 is 0 Å². The molecule has 4 rings (SSSR count). The summed E-state index contributed by atoms with van der Waals surface area (Å²) in [6, 6.07) is 7.68. The van der Waals surface area contributed by atoms with Gasteiger partial charge in [0, 0.05) is 25.5 Å². The van der Waals surface area contributed by atoms with Crippen LogP contribution in [0.25, 0.3) is 11.2 Å². The van der Waals surface area contributed by atoms with E-state index < -0.39 is 0 Å². The largest absolute Gasteiger partial charge is 0.362 e. The normalized spacial score (nSPS) is 12.1. The van der Waals surface area contributed by atoms with E-state index in [0.717, 1.165) is 29.0 Å². The Morgan fingerprint density at radius 1 is 1.21 bits per heavy atom. The standard InChI is InChI=1S/C20H22N8O/c1-4-28-12-15(9-23-28)20(29)25-16-7-5-6-14(8-16)13(2)24-18-11-21-17-10-22-27(3)19(17)26-18/h5-13H,4H2,1-3H3,(H,24,26)(H,25,29)/t13-/m0/s1. The second kappa shape index (κ2) is 7.70. The van der Waals surface area contributed by atoms with Crippen molar-refractivity contribution in [1.29, 1.82) is 0 Å². The smallest absolute Gasteiger partial charge is 0.258 e. The molecule has 0 saturated carbocycles. The van der Waals surface area contributed by atoms with Crippen LogP contribution in [0.15, 0.2) is 49.1 Å². The van der Waals surface area contributed by atoms with Crippen LogP contribution in [0.4, 0.5) is 11.5 Å². The second-order valence-corrected chi connectivity index (χ2v) is 6.76. The van der Waals surface area contributed by atoms with Crippen LogP contribution in [0.3, 0.4) is 0 Å². The number of aromatic nitrogens is 6. The number of nitrogens with zero attached hydrogens (tertiary/aromatic N) is 6. The number of aryl methyl sites for hydroxylation is 2. The average molecular weight is 390 g/mol. The molecule has 9 heteroatoms. The van der Waals surface area contributed by atoms with Gasteiger partial charge in [-0.25, -0.2) is 14.6 Å². The van der Waals surface area contributed by atoms with Crippen molar-refractivity contribution in [2.45, 2.75) is 26.4 Å². The van der Waals surface area contributed by atoms with Crippen molar-refractivity contribution in [2.75, 3.05) is 10.6 Å². The fourth-order valence-electron chi connectivity index (χ4n) is 3.03. The number of hydrogen-bond acceptors (Lipinski definition) is 6. The van der Waals surface area contributed by atoms with Crippen LogP contribution in [0.2, 0.25) is 0 Å². The van der Waals surface area contributed by atoms with Gasteiger partial charge in [0.1, 0.15) is 11.3 Å². The van der Waals surface area contributed by atoms with E-state index >= 15 is 0 Å². The number of carbonyl (C=O) groups excluding carboxylic acids is 1. The van der Waals surface area contributed by atoms with Gasteiger partial charge in [-0.1, -0.05) is 12.1 Å². The Hall–Kier alpha value is -3.75. The maximum absolute atomic E-state index is 12.4. The topological polar surface area (TPSA) is 103 Å². The number of benzene rings is 1. The van der Waals surface area contributed by atoms with Gasteiger partial charge in [0.15, 0.2) is 5.65 Å². The first-order chi connectivity index (χ1) is 14.0. The van der Waals surface area contributed by atoms with Gasteiger partial charge in [0.2, 0.25) is 0 Å². The quantitative estimate of drug-likeness (QED) is 0.525. The van der Waals surface area contributed by atoms with Crippen LogP contribution in [0, 0.1) is 0 Å². The predicted molar refractivity (Wildman–Crippen MR) is 111 cm³/mol. The lowest BCUT2D eigenvalue weighted by Gasteiger charge is -2.16. The maximum Gasteiger partial charge on any atom is 0.258 e. The van der Waals surface area contributed by atoms with Gasteiger partial charge in [-0.15, -0.1) is 0 Å². The molecule has 0 saturated heterocycles. The summed E-state index contributed by atoms with van der Waals surface area (Å²) in [4.78, 5) is 21.4. The molecule has 9 nitrogen and oxygen atoms in total. The molecule has 0 spiro atoms. The van der Waals surface area contributed by atoms with Gasteiger partial charge in [0.05, 0.1) is 30.2 Å². The Balaban J connectivity index is 1.48. The fourth-order valence-corrected chi connectivity index (χ4v) is 3.03. The Kier molecular flexibility index (Phi) is 4.94. The highest BCUT2D eigenvalue weighted by atomic mass is 16.1. The summed E-state index contributed by atoms with van der Waals surface area (Å²) >= 11 is 0. The number of anilines is 2. The van der Waals surface area contributed by atoms with Gasteiger partial charge in [-0.2, -0.15) is 10.2 Å². The van der Waals surface area contributed by atoms with Crippen molar-refractivity contribution in [2.24, 2.45) is 7.05 Å². The summed E-state index contributed by atoms with van der Waals surface area (Å²) in [5, 5.41) is 14.6. The Labute approximate surface area is 167 Å². The Morgan fingerprint density at radius 2 is 2.07 bits per heavy atom. The highest BCUT2D eigenvalue weighted by Gasteiger charge is 2.12. The molecule has 3 heterocycles. The Bertz CT molecular complexity index is 1160. The molecule has 148 valence electrons. The molecule has 1 atom stereocenters. The monoisotopic (exact) mass is 390 g/mol. The molecule has 0 aliphatic carbocycles. The van der Waals surface area contributed by atoms with Crippen molar-refractivity contribution in [3.63, 3.8) is 0 Å². The molecule has 4 aromatic rings. The van der Waals surface area contributed by atoms with Crippen molar-refractivity contribution >= 4 is 28.6 Å². The summed E-state index contributed by atoms with van der Waals surface area (Å²) in [5.74, 6) is 0.477. The van der Waals surface area contributed by atoms with Crippen LogP contribution in [-0.4, -0.2) is 35.4 Å². The summed E-state index contributed by atoms with van der Waals surface area (Å²) < 4.78 is 3.41. The van der Waals surface area contributed by atoms with Crippen LogP contribution < -0.4 is 10.6 Å². The van der Waals surface area contributed by atoms with Crippen LogP contribution in [-0.2, 0) is 13.6 Å². The first-order valence-corrected chi connectivity index (χ1v) is 9.38. The van der Waals surface area contributed by atoms with E-state index in [2.05, 4.69) is 30.8 Å². The molecule has 1 aromatic carbocycles. The third-order valence-electron chi connectivity index (χ3n) is 4.67. The molecule has 0 radical (unpaired) electrons. The number of amides is 1. The molecule has 0 bridgehead atoms. The van der Waals surface area contributed by atoms with Crippen molar-refractivity contribution < 1.29 is 4.79 Å². The number of nitrogens with one attached hydrogen (secondary N) is 2. The maximum atomic E-state index is 12.4. The predicted octanol–water partition coefficient (Wildman–Crippen LogP) is 3.01. The summed E-state index contributed by atoms with van der Waals surface area (Å²) in [6.45, 7) is 4.73. The molecule has 0 aliphatic heterocycles. The highest BCUT2D eigenvalue weighted by Crippen LogP contribution is 2.22. The van der Waals surface area contributed by atoms with E-state index in [1.54, 1.807) is 34.2 Å². The lowest BCUT2D eigenvalue weighted by Crippen LogP contribution is -2.13. The number of rotatable bonds is 6. The Morgan fingerprint density at radius 3 is 2.86 bits per heavy atom. The van der Waals surface area contributed by atoms with E-state index in [-0.39, 0.29) is 11.9 Å². The van der Waals surface area contributed by atoms with Crippen LogP contribution in [0.1, 0.15) is 35.8 Å². The van der Waals surface area contributed by atoms with E-state index in [1.165, 1.54) is 0 Å². The first-order valence-electron chi connectivity index (χ1n) is 9.38. The van der Waals surface area contributed by atoms with Gasteiger partial charge < -0.3 is 10.6 Å². The van der Waals surface area contributed by atoms with Gasteiger partial charge in [-0.05, 0) is 31.5 Å². The molecule has 29 heavy (non-hydrogen) atoms. The first kappa shape index (κ1) is 18.6. The zero-order valence-corrected chi connectivity index (χ0v) is 16.5. The highest BCUT2D eigenvalue weighted by molar-refractivity contribution is 6.03. The molecule has 0 unspecified atom stereocenters. The summed E-state index contributed by atoms with van der Waals surface area (Å²) in [6.07, 6.45) is 6.68. The number of carbonyl (C=O) groups is 1. The fraction of sp³-hybridized carbons (Fsp3) is 0.250. The minimum Gasteiger partial charge on any atom is -0.362 e. The van der Waals surface area contributed by atoms with E-state index in [1.807, 2.05) is 45.2 Å². The minimum absolute atomic E-state index is 0.0327. The van der Waals surface area contributed by atoms with Crippen molar-refractivity contribution in [3.8, 4) is 0 Å². The SMILES string of the molecule is CCn1cc(C(=O)Nc2cccc([C@H](C)Nc3cnc4cnn(C)c4n3)c2)cn1. The van der Waals surface area contributed by atoms with Gasteiger partial charge in [0.25, 0.3) is 5.91 Å². The van der Waals surface area contributed by atoms with Crippen LogP contribution in [0.5, 0.6) is 0 Å². The van der Waals surface area contributed by atoms with E-state index in [4.69, 9.17) is 0 Å². The molecule has 0 fully saturated rings. The van der Waals surface area contributed by atoms with E-state index in [9.17, 15) is 4.79 Å². The van der Waals surface area contributed by atoms with E-state index in [0.29, 0.717) is 11.4 Å². The van der Waals surface area contributed by atoms with Crippen molar-refractivity contribution in [3.05, 3.63) is 60.2 Å². The zero-order valence-electron chi connectivity index (χ0n) is 16.5. The lowest BCUT2D eigenvalue weighted by molar-refractivity contribution is 0.102. The van der Waals surface area contributed by atoms with Crippen LogP contribution >= 0.6 is 0 Å². The third kappa shape index (κ3) is 3.93. The summed E-state index contributed by atoms with van der Waals surface area (Å²) in [5.41, 5.74) is 3.73. The minimum atomic E-state index is -0.185. The lowest BCUT2D eigenvalue weighted by atomic mass is 10.1. The zero-order chi connectivity index (χ0) is 20.4. The summed E-state index contributed by atoms with van der Waals surface area (Å²) in [7, 11) is 1.83. The van der Waals surface area contributed by atoms with Crippen molar-refractivity contribution in [1.82, 2.24) is 29.5 Å². The molecular formula is C20H22N8O. The molecule has 3 aromatic heterocycles. The second-order valence-electron chi connectivity index (χ2n) is 6.76. The number of fused-ring (bicyclic) bond motifs is 1. The third-order valence-corrected chi connectivity index (χ3v) is 4.67. The molecule has 1 amide bonds.